The second kappa shape index (κ2) is 5.76. The van der Waals surface area contributed by atoms with Gasteiger partial charge in [-0.3, -0.25) is 4.79 Å². The van der Waals surface area contributed by atoms with Crippen LogP contribution in [0.2, 0.25) is 0 Å². The predicted octanol–water partition coefficient (Wildman–Crippen LogP) is 2.37. The van der Waals surface area contributed by atoms with Crippen LogP contribution in [0.3, 0.4) is 0 Å². The molecule has 4 heteroatoms. The maximum Gasteiger partial charge on any atom is 0.253 e. The van der Waals surface area contributed by atoms with Gasteiger partial charge in [0.2, 0.25) is 0 Å². The normalized spacial score (nSPS) is 16.3. The van der Waals surface area contributed by atoms with E-state index in [9.17, 15) is 4.79 Å². The SMILES string of the molecule is CNC(=O)c1ccc(N)cc1NC1CCCCC1. The van der Waals surface area contributed by atoms with Gasteiger partial charge in [-0.15, -0.1) is 0 Å². The van der Waals surface area contributed by atoms with Crippen molar-refractivity contribution in [3.63, 3.8) is 0 Å². The third kappa shape index (κ3) is 2.94. The average Bonchev–Trinajstić information content (AvgIpc) is 2.39. The largest absolute Gasteiger partial charge is 0.399 e. The minimum atomic E-state index is -0.0756. The monoisotopic (exact) mass is 247 g/mol. The number of rotatable bonds is 3. The van der Waals surface area contributed by atoms with Crippen molar-refractivity contribution in [2.45, 2.75) is 38.1 Å². The number of anilines is 2. The summed E-state index contributed by atoms with van der Waals surface area (Å²) >= 11 is 0. The predicted molar refractivity (Wildman–Crippen MR) is 74.7 cm³/mol. The molecule has 1 saturated carbocycles. The number of amides is 1. The van der Waals surface area contributed by atoms with Crippen molar-refractivity contribution in [1.82, 2.24) is 5.32 Å². The van der Waals surface area contributed by atoms with Crippen molar-refractivity contribution in [2.75, 3.05) is 18.1 Å². The van der Waals surface area contributed by atoms with Gasteiger partial charge >= 0.3 is 0 Å². The highest BCUT2D eigenvalue weighted by Crippen LogP contribution is 2.25. The van der Waals surface area contributed by atoms with Gasteiger partial charge in [0.15, 0.2) is 0 Å². The Kier molecular flexibility index (Phi) is 4.07. The van der Waals surface area contributed by atoms with Crippen molar-refractivity contribution in [1.29, 1.82) is 0 Å². The first-order chi connectivity index (χ1) is 8.70. The third-order valence-electron chi connectivity index (χ3n) is 3.48. The van der Waals surface area contributed by atoms with Crippen LogP contribution in [0.5, 0.6) is 0 Å². The number of nitrogen functional groups attached to an aromatic ring is 1. The van der Waals surface area contributed by atoms with Gasteiger partial charge in [0.25, 0.3) is 5.91 Å². The number of nitrogens with one attached hydrogen (secondary N) is 2. The molecule has 0 radical (unpaired) electrons. The quantitative estimate of drug-likeness (QED) is 0.718. The van der Waals surface area contributed by atoms with Crippen molar-refractivity contribution < 1.29 is 4.79 Å². The van der Waals surface area contributed by atoms with E-state index in [0.717, 1.165) is 5.69 Å². The molecule has 18 heavy (non-hydrogen) atoms. The summed E-state index contributed by atoms with van der Waals surface area (Å²) in [5.41, 5.74) is 8.00. The molecule has 1 fully saturated rings. The molecule has 1 aliphatic carbocycles. The molecule has 1 aliphatic rings. The zero-order valence-electron chi connectivity index (χ0n) is 10.8. The van der Waals surface area contributed by atoms with E-state index < -0.39 is 0 Å². The minimum absolute atomic E-state index is 0.0756. The Bertz CT molecular complexity index is 425. The van der Waals surface area contributed by atoms with E-state index in [1.54, 1.807) is 19.2 Å². The molecule has 0 aromatic heterocycles. The molecule has 4 nitrogen and oxygen atoms in total. The highest BCUT2D eigenvalue weighted by molar-refractivity contribution is 6.00. The van der Waals surface area contributed by atoms with Gasteiger partial charge in [0.05, 0.1) is 5.56 Å². The lowest BCUT2D eigenvalue weighted by molar-refractivity contribution is 0.0964. The first kappa shape index (κ1) is 12.7. The zero-order valence-corrected chi connectivity index (χ0v) is 10.8. The summed E-state index contributed by atoms with van der Waals surface area (Å²) in [5, 5.41) is 6.12. The van der Waals surface area contributed by atoms with Crippen molar-refractivity contribution in [2.24, 2.45) is 0 Å². The Morgan fingerprint density at radius 1 is 1.28 bits per heavy atom. The molecule has 1 aromatic rings. The fourth-order valence-corrected chi connectivity index (χ4v) is 2.48. The first-order valence-electron chi connectivity index (χ1n) is 6.59. The van der Waals surface area contributed by atoms with Gasteiger partial charge in [0.1, 0.15) is 0 Å². The molecule has 0 saturated heterocycles. The molecule has 0 spiro atoms. The molecule has 1 aromatic carbocycles. The Morgan fingerprint density at radius 3 is 2.67 bits per heavy atom. The summed E-state index contributed by atoms with van der Waals surface area (Å²) in [6.45, 7) is 0. The molecule has 4 N–H and O–H groups in total. The number of carbonyl (C=O) groups is 1. The van der Waals surface area contributed by atoms with Crippen molar-refractivity contribution >= 4 is 17.3 Å². The van der Waals surface area contributed by atoms with Crippen LogP contribution in [0.15, 0.2) is 18.2 Å². The number of hydrogen-bond donors (Lipinski definition) is 3. The molecule has 0 atom stereocenters. The van der Waals surface area contributed by atoms with Crippen LogP contribution in [0.1, 0.15) is 42.5 Å². The second-order valence-corrected chi connectivity index (χ2v) is 4.86. The molecule has 0 bridgehead atoms. The van der Waals surface area contributed by atoms with E-state index >= 15 is 0 Å². The van der Waals surface area contributed by atoms with Crippen LogP contribution < -0.4 is 16.4 Å². The fourth-order valence-electron chi connectivity index (χ4n) is 2.48. The van der Waals surface area contributed by atoms with E-state index in [0.29, 0.717) is 17.3 Å². The second-order valence-electron chi connectivity index (χ2n) is 4.86. The van der Waals surface area contributed by atoms with Crippen LogP contribution >= 0.6 is 0 Å². The van der Waals surface area contributed by atoms with Crippen LogP contribution in [0.25, 0.3) is 0 Å². The van der Waals surface area contributed by atoms with Crippen molar-refractivity contribution in [3.8, 4) is 0 Å². The molecular weight excluding hydrogens is 226 g/mol. The standard InChI is InChI=1S/C14H21N3O/c1-16-14(18)12-8-7-10(15)9-13(12)17-11-5-3-2-4-6-11/h7-9,11,17H,2-6,15H2,1H3,(H,16,18). The molecular formula is C14H21N3O. The zero-order chi connectivity index (χ0) is 13.0. The molecule has 0 heterocycles. The average molecular weight is 247 g/mol. The van der Waals surface area contributed by atoms with E-state index in [1.165, 1.54) is 32.1 Å². The highest BCUT2D eigenvalue weighted by Gasteiger charge is 2.16. The van der Waals surface area contributed by atoms with Gasteiger partial charge < -0.3 is 16.4 Å². The number of benzene rings is 1. The topological polar surface area (TPSA) is 67.2 Å². The molecule has 0 aliphatic heterocycles. The lowest BCUT2D eigenvalue weighted by Gasteiger charge is -2.25. The first-order valence-corrected chi connectivity index (χ1v) is 6.59. The maximum absolute atomic E-state index is 11.8. The summed E-state index contributed by atoms with van der Waals surface area (Å²) in [7, 11) is 1.64. The molecule has 2 rings (SSSR count). The number of hydrogen-bond acceptors (Lipinski definition) is 3. The highest BCUT2D eigenvalue weighted by atomic mass is 16.1. The maximum atomic E-state index is 11.8. The summed E-state index contributed by atoms with van der Waals surface area (Å²) < 4.78 is 0. The Labute approximate surface area is 108 Å². The Balaban J connectivity index is 2.18. The van der Waals surface area contributed by atoms with Crippen LogP contribution in [-0.2, 0) is 0 Å². The third-order valence-corrected chi connectivity index (χ3v) is 3.48. The Hall–Kier alpha value is -1.71. The van der Waals surface area contributed by atoms with Gasteiger partial charge in [-0.25, -0.2) is 0 Å². The van der Waals surface area contributed by atoms with Gasteiger partial charge in [-0.05, 0) is 31.0 Å². The lowest BCUT2D eigenvalue weighted by atomic mass is 9.95. The molecule has 1 amide bonds. The van der Waals surface area contributed by atoms with Crippen LogP contribution in [-0.4, -0.2) is 19.0 Å². The van der Waals surface area contributed by atoms with E-state index in [4.69, 9.17) is 5.73 Å². The molecule has 0 unspecified atom stereocenters. The summed E-state index contributed by atoms with van der Waals surface area (Å²) in [6, 6.07) is 5.85. The molecule has 98 valence electrons. The van der Waals surface area contributed by atoms with Gasteiger partial charge in [-0.1, -0.05) is 19.3 Å². The van der Waals surface area contributed by atoms with E-state index in [1.807, 2.05) is 6.07 Å². The summed E-state index contributed by atoms with van der Waals surface area (Å²) in [6.07, 6.45) is 6.17. The van der Waals surface area contributed by atoms with Crippen LogP contribution in [0.4, 0.5) is 11.4 Å². The number of carbonyl (C=O) groups excluding carboxylic acids is 1. The van der Waals surface area contributed by atoms with E-state index in [-0.39, 0.29) is 5.91 Å². The van der Waals surface area contributed by atoms with Gasteiger partial charge in [0, 0.05) is 24.5 Å². The fraction of sp³-hybridized carbons (Fsp3) is 0.500. The number of nitrogens with two attached hydrogens (primary N) is 1. The lowest BCUT2D eigenvalue weighted by Crippen LogP contribution is -2.25. The van der Waals surface area contributed by atoms with E-state index in [2.05, 4.69) is 10.6 Å². The van der Waals surface area contributed by atoms with Gasteiger partial charge in [-0.2, -0.15) is 0 Å². The smallest absolute Gasteiger partial charge is 0.253 e. The minimum Gasteiger partial charge on any atom is -0.399 e. The van der Waals surface area contributed by atoms with Crippen LogP contribution in [0, 0.1) is 0 Å². The summed E-state index contributed by atoms with van der Waals surface area (Å²) in [4.78, 5) is 11.8. The Morgan fingerprint density at radius 2 is 2.00 bits per heavy atom. The summed E-state index contributed by atoms with van der Waals surface area (Å²) in [5.74, 6) is -0.0756. The van der Waals surface area contributed by atoms with Crippen molar-refractivity contribution in [3.05, 3.63) is 23.8 Å².